The van der Waals surface area contributed by atoms with Gasteiger partial charge in [-0.05, 0) is 30.4 Å². The Morgan fingerprint density at radius 2 is 1.79 bits per heavy atom. The first kappa shape index (κ1) is 12.8. The van der Waals surface area contributed by atoms with Gasteiger partial charge in [0.1, 0.15) is 0 Å². The fourth-order valence-electron chi connectivity index (χ4n) is 3.02. The van der Waals surface area contributed by atoms with Crippen molar-refractivity contribution >= 4 is 5.78 Å². The monoisotopic (exact) mass is 260 g/mol. The fraction of sp³-hybridized carbons (Fsp3) is 0.562. The van der Waals surface area contributed by atoms with Crippen molar-refractivity contribution in [3.05, 3.63) is 34.9 Å². The summed E-state index contributed by atoms with van der Waals surface area (Å²) >= 11 is 0. The third-order valence-electron chi connectivity index (χ3n) is 4.39. The lowest BCUT2D eigenvalue weighted by Gasteiger charge is -2.33. The van der Waals surface area contributed by atoms with Crippen LogP contribution < -0.4 is 0 Å². The van der Waals surface area contributed by atoms with E-state index in [-0.39, 0.29) is 11.2 Å². The van der Waals surface area contributed by atoms with Crippen LogP contribution in [0, 0.1) is 0 Å². The molecule has 0 N–H and O–H groups in total. The molecule has 0 bridgehead atoms. The molecule has 19 heavy (non-hydrogen) atoms. The number of benzene rings is 1. The molecule has 0 radical (unpaired) electrons. The van der Waals surface area contributed by atoms with Crippen molar-refractivity contribution in [2.75, 3.05) is 13.2 Å². The van der Waals surface area contributed by atoms with E-state index >= 15 is 0 Å². The molecule has 1 aliphatic heterocycles. The number of hydrogen-bond donors (Lipinski definition) is 0. The molecule has 1 aliphatic carbocycles. The van der Waals surface area contributed by atoms with Gasteiger partial charge in [0.15, 0.2) is 11.6 Å². The zero-order valence-electron chi connectivity index (χ0n) is 11.8. The summed E-state index contributed by atoms with van der Waals surface area (Å²) in [7, 11) is 0. The normalized spacial score (nSPS) is 24.3. The number of hydrogen-bond acceptors (Lipinski definition) is 3. The Hall–Kier alpha value is -1.19. The summed E-state index contributed by atoms with van der Waals surface area (Å²) in [5.74, 6) is -0.463. The Labute approximate surface area is 113 Å². The minimum Gasteiger partial charge on any atom is -0.344 e. The molecule has 0 amide bonds. The van der Waals surface area contributed by atoms with E-state index in [0.29, 0.717) is 19.6 Å². The van der Waals surface area contributed by atoms with Gasteiger partial charge in [0.05, 0.1) is 13.2 Å². The van der Waals surface area contributed by atoms with Crippen LogP contribution in [-0.4, -0.2) is 19.0 Å². The van der Waals surface area contributed by atoms with Gasteiger partial charge in [-0.15, -0.1) is 0 Å². The van der Waals surface area contributed by atoms with E-state index in [1.807, 2.05) is 19.1 Å². The summed E-state index contributed by atoms with van der Waals surface area (Å²) in [6.45, 7) is 7.52. The third kappa shape index (κ3) is 2.01. The molecule has 1 saturated heterocycles. The highest BCUT2D eigenvalue weighted by molar-refractivity contribution is 5.99. The van der Waals surface area contributed by atoms with E-state index in [0.717, 1.165) is 23.1 Å². The van der Waals surface area contributed by atoms with Crippen LogP contribution >= 0.6 is 0 Å². The van der Waals surface area contributed by atoms with Crippen LogP contribution in [-0.2, 0) is 20.7 Å². The van der Waals surface area contributed by atoms with Gasteiger partial charge in [-0.3, -0.25) is 4.79 Å². The first-order valence-corrected chi connectivity index (χ1v) is 6.88. The average molecular weight is 260 g/mol. The van der Waals surface area contributed by atoms with Gasteiger partial charge in [-0.1, -0.05) is 26.0 Å². The Kier molecular flexibility index (Phi) is 2.80. The van der Waals surface area contributed by atoms with E-state index in [1.54, 1.807) is 0 Å². The van der Waals surface area contributed by atoms with Crippen molar-refractivity contribution in [1.82, 2.24) is 0 Å². The van der Waals surface area contributed by atoms with Crippen molar-refractivity contribution in [2.45, 2.75) is 44.8 Å². The maximum Gasteiger partial charge on any atom is 0.192 e. The summed E-state index contributed by atoms with van der Waals surface area (Å²) in [6, 6.07) is 6.06. The molecule has 1 fully saturated rings. The second-order valence-electron chi connectivity index (χ2n) is 6.21. The lowest BCUT2D eigenvalue weighted by atomic mass is 9.72. The predicted molar refractivity (Wildman–Crippen MR) is 72.3 cm³/mol. The number of carbonyl (C=O) groups excluding carboxylic acids is 1. The Bertz CT molecular complexity index is 525. The first-order chi connectivity index (χ1) is 8.92. The van der Waals surface area contributed by atoms with E-state index in [2.05, 4.69) is 19.9 Å². The number of ketones is 1. The molecule has 0 aromatic heterocycles. The molecule has 102 valence electrons. The van der Waals surface area contributed by atoms with E-state index in [9.17, 15) is 4.79 Å². The van der Waals surface area contributed by atoms with Gasteiger partial charge < -0.3 is 9.47 Å². The van der Waals surface area contributed by atoms with Crippen molar-refractivity contribution < 1.29 is 14.3 Å². The summed E-state index contributed by atoms with van der Waals surface area (Å²) < 4.78 is 11.3. The topological polar surface area (TPSA) is 35.5 Å². The summed E-state index contributed by atoms with van der Waals surface area (Å²) in [5, 5.41) is 0. The molecule has 1 heterocycles. The minimum atomic E-state index is -0.698. The molecular formula is C16H20O3. The largest absolute Gasteiger partial charge is 0.344 e. The van der Waals surface area contributed by atoms with Crippen LogP contribution in [0.15, 0.2) is 18.2 Å². The molecule has 0 unspecified atom stereocenters. The molecule has 1 aromatic carbocycles. The smallest absolute Gasteiger partial charge is 0.192 e. The van der Waals surface area contributed by atoms with Gasteiger partial charge in [0, 0.05) is 17.5 Å². The highest BCUT2D eigenvalue weighted by Gasteiger charge is 2.37. The molecule has 1 aromatic rings. The Morgan fingerprint density at radius 1 is 1.11 bits per heavy atom. The number of fused-ring (bicyclic) bond motifs is 1. The van der Waals surface area contributed by atoms with Gasteiger partial charge >= 0.3 is 0 Å². The zero-order chi connectivity index (χ0) is 13.7. The second-order valence-corrected chi connectivity index (χ2v) is 6.21. The Balaban J connectivity index is 2.08. The van der Waals surface area contributed by atoms with Crippen LogP contribution in [0.5, 0.6) is 0 Å². The van der Waals surface area contributed by atoms with E-state index in [1.165, 1.54) is 0 Å². The number of ether oxygens (including phenoxy) is 2. The van der Waals surface area contributed by atoms with Crippen LogP contribution in [0.25, 0.3) is 0 Å². The standard InChI is InChI=1S/C16H20O3/c1-15(2)7-6-14(17)12-10-11(4-5-13(12)15)16(3)18-8-9-19-16/h4-5,10H,6-9H2,1-3H3. The predicted octanol–water partition coefficient (Wildman–Crippen LogP) is 3.16. The highest BCUT2D eigenvalue weighted by atomic mass is 16.7. The molecule has 0 atom stereocenters. The zero-order valence-corrected chi connectivity index (χ0v) is 11.8. The summed E-state index contributed by atoms with van der Waals surface area (Å²) in [6.07, 6.45) is 1.55. The molecule has 0 spiro atoms. The van der Waals surface area contributed by atoms with Crippen molar-refractivity contribution in [3.63, 3.8) is 0 Å². The lowest BCUT2D eigenvalue weighted by Crippen LogP contribution is -2.29. The second kappa shape index (κ2) is 4.15. The van der Waals surface area contributed by atoms with Crippen molar-refractivity contribution in [1.29, 1.82) is 0 Å². The molecule has 0 saturated carbocycles. The van der Waals surface area contributed by atoms with E-state index < -0.39 is 5.79 Å². The van der Waals surface area contributed by atoms with Crippen LogP contribution in [0.3, 0.4) is 0 Å². The number of Topliss-reactive ketones (excluding diaryl/α,β-unsaturated/α-hetero) is 1. The first-order valence-electron chi connectivity index (χ1n) is 6.88. The number of rotatable bonds is 1. The van der Waals surface area contributed by atoms with E-state index in [4.69, 9.17) is 9.47 Å². The summed E-state index contributed by atoms with van der Waals surface area (Å²) in [5.41, 5.74) is 3.00. The lowest BCUT2D eigenvalue weighted by molar-refractivity contribution is -0.149. The minimum absolute atomic E-state index is 0.0695. The molecule has 2 aliphatic rings. The average Bonchev–Trinajstić information content (AvgIpc) is 2.82. The van der Waals surface area contributed by atoms with Gasteiger partial charge in [0.2, 0.25) is 0 Å². The maximum absolute atomic E-state index is 12.2. The van der Waals surface area contributed by atoms with Crippen molar-refractivity contribution in [2.24, 2.45) is 0 Å². The molecule has 3 heteroatoms. The SMILES string of the molecule is CC1(C)CCC(=O)c2cc(C3(C)OCCO3)ccc21. The summed E-state index contributed by atoms with van der Waals surface area (Å²) in [4.78, 5) is 12.2. The van der Waals surface area contributed by atoms with Crippen molar-refractivity contribution in [3.8, 4) is 0 Å². The fourth-order valence-corrected chi connectivity index (χ4v) is 3.02. The molecule has 3 nitrogen and oxygen atoms in total. The quantitative estimate of drug-likeness (QED) is 0.778. The van der Waals surface area contributed by atoms with Crippen LogP contribution in [0.4, 0.5) is 0 Å². The van der Waals surface area contributed by atoms with Gasteiger partial charge in [-0.2, -0.15) is 0 Å². The van der Waals surface area contributed by atoms with Crippen LogP contribution in [0.1, 0.15) is 55.1 Å². The number of carbonyl (C=O) groups is 1. The maximum atomic E-state index is 12.2. The Morgan fingerprint density at radius 3 is 2.47 bits per heavy atom. The molecule has 3 rings (SSSR count). The highest BCUT2D eigenvalue weighted by Crippen LogP contribution is 2.39. The van der Waals surface area contributed by atoms with Gasteiger partial charge in [-0.25, -0.2) is 0 Å². The third-order valence-corrected chi connectivity index (χ3v) is 4.39. The molecular weight excluding hydrogens is 240 g/mol. The van der Waals surface area contributed by atoms with Gasteiger partial charge in [0.25, 0.3) is 0 Å². The van der Waals surface area contributed by atoms with Crippen LogP contribution in [0.2, 0.25) is 0 Å².